The molecule has 0 fully saturated rings. The number of nitrogens with one attached hydrogen (secondary N) is 1. The molecule has 0 spiro atoms. The van der Waals surface area contributed by atoms with Gasteiger partial charge in [-0.2, -0.15) is 0 Å². The van der Waals surface area contributed by atoms with Crippen molar-refractivity contribution in [1.29, 1.82) is 5.53 Å². The van der Waals surface area contributed by atoms with Crippen LogP contribution in [-0.2, 0) is 4.74 Å². The molecule has 72 valence electrons. The van der Waals surface area contributed by atoms with Crippen molar-refractivity contribution >= 4 is 11.9 Å². The molecule has 0 aliphatic heterocycles. The Morgan fingerprint density at radius 1 is 1.50 bits per heavy atom. The number of ether oxygens (including phenoxy) is 1. The molecule has 0 radical (unpaired) electrons. The van der Waals surface area contributed by atoms with Crippen LogP contribution in [0.2, 0.25) is 0 Å². The third-order valence-electron chi connectivity index (χ3n) is 1.51. The van der Waals surface area contributed by atoms with Crippen molar-refractivity contribution in [1.82, 2.24) is 4.98 Å². The van der Waals surface area contributed by atoms with E-state index in [1.807, 2.05) is 0 Å². The molecule has 6 heteroatoms. The predicted octanol–water partition coefficient (Wildman–Crippen LogP) is 1.04. The molecule has 0 bridgehead atoms. The molecule has 0 aliphatic carbocycles. The molecule has 0 unspecified atom stereocenters. The first-order valence-corrected chi connectivity index (χ1v) is 3.65. The van der Waals surface area contributed by atoms with Gasteiger partial charge in [0.25, 0.3) is 5.91 Å². The SMILES string of the molecule is COC(=O)c1ccc(C(=O)N=N)cn1. The van der Waals surface area contributed by atoms with Gasteiger partial charge in [-0.1, -0.05) is 0 Å². The van der Waals surface area contributed by atoms with E-state index < -0.39 is 11.9 Å². The van der Waals surface area contributed by atoms with Crippen molar-refractivity contribution in [3.63, 3.8) is 0 Å². The van der Waals surface area contributed by atoms with E-state index in [-0.39, 0.29) is 11.3 Å². The number of rotatable bonds is 2. The van der Waals surface area contributed by atoms with Gasteiger partial charge in [0, 0.05) is 6.20 Å². The Morgan fingerprint density at radius 3 is 2.64 bits per heavy atom. The molecular formula is C8H7N3O3. The van der Waals surface area contributed by atoms with Gasteiger partial charge < -0.3 is 4.74 Å². The quantitative estimate of drug-likeness (QED) is 0.560. The zero-order chi connectivity index (χ0) is 10.6. The number of nitrogens with zero attached hydrogens (tertiary/aromatic N) is 2. The average molecular weight is 193 g/mol. The normalized spacial score (nSPS) is 9.21. The smallest absolute Gasteiger partial charge is 0.356 e. The zero-order valence-corrected chi connectivity index (χ0v) is 7.35. The van der Waals surface area contributed by atoms with E-state index in [2.05, 4.69) is 14.8 Å². The Labute approximate surface area is 79.4 Å². The maximum absolute atomic E-state index is 10.9. The van der Waals surface area contributed by atoms with Crippen molar-refractivity contribution in [2.45, 2.75) is 0 Å². The molecule has 6 nitrogen and oxygen atoms in total. The maximum atomic E-state index is 10.9. The molecule has 0 saturated heterocycles. The van der Waals surface area contributed by atoms with Crippen LogP contribution in [0.5, 0.6) is 0 Å². The van der Waals surface area contributed by atoms with Gasteiger partial charge in [0.1, 0.15) is 5.69 Å². The van der Waals surface area contributed by atoms with Crippen LogP contribution in [0.1, 0.15) is 20.8 Å². The minimum absolute atomic E-state index is 0.106. The second-order valence-corrected chi connectivity index (χ2v) is 2.34. The highest BCUT2D eigenvalue weighted by Gasteiger charge is 2.09. The van der Waals surface area contributed by atoms with Gasteiger partial charge in [-0.25, -0.2) is 15.3 Å². The summed E-state index contributed by atoms with van der Waals surface area (Å²) >= 11 is 0. The molecule has 0 aromatic carbocycles. The van der Waals surface area contributed by atoms with Crippen molar-refractivity contribution in [2.75, 3.05) is 7.11 Å². The van der Waals surface area contributed by atoms with E-state index in [1.165, 1.54) is 25.4 Å². The number of carbonyl (C=O) groups is 2. The van der Waals surface area contributed by atoms with Crippen molar-refractivity contribution in [3.05, 3.63) is 29.6 Å². The van der Waals surface area contributed by atoms with E-state index in [9.17, 15) is 9.59 Å². The highest BCUT2D eigenvalue weighted by Crippen LogP contribution is 2.02. The van der Waals surface area contributed by atoms with E-state index in [0.717, 1.165) is 0 Å². The summed E-state index contributed by atoms with van der Waals surface area (Å²) in [7, 11) is 1.24. The van der Waals surface area contributed by atoms with Gasteiger partial charge in [0.15, 0.2) is 0 Å². The first kappa shape index (κ1) is 9.97. The molecule has 1 amide bonds. The largest absolute Gasteiger partial charge is 0.464 e. The summed E-state index contributed by atoms with van der Waals surface area (Å²) in [6.45, 7) is 0. The van der Waals surface area contributed by atoms with Crippen molar-refractivity contribution < 1.29 is 14.3 Å². The van der Waals surface area contributed by atoms with Crippen LogP contribution in [0, 0.1) is 5.53 Å². The molecule has 1 heterocycles. The van der Waals surface area contributed by atoms with E-state index in [1.54, 1.807) is 0 Å². The summed E-state index contributed by atoms with van der Waals surface area (Å²) in [5.41, 5.74) is 6.74. The molecule has 0 atom stereocenters. The number of pyridine rings is 1. The lowest BCUT2D eigenvalue weighted by Gasteiger charge is -1.97. The predicted molar refractivity (Wildman–Crippen MR) is 45.1 cm³/mol. The molecule has 1 rings (SSSR count). The van der Waals surface area contributed by atoms with Crippen LogP contribution in [-0.4, -0.2) is 24.0 Å². The second kappa shape index (κ2) is 4.22. The highest BCUT2D eigenvalue weighted by atomic mass is 16.5. The van der Waals surface area contributed by atoms with Crippen LogP contribution >= 0.6 is 0 Å². The number of hydrogen-bond donors (Lipinski definition) is 1. The maximum Gasteiger partial charge on any atom is 0.356 e. The summed E-state index contributed by atoms with van der Waals surface area (Å²) in [6, 6.07) is 2.70. The Morgan fingerprint density at radius 2 is 2.21 bits per heavy atom. The molecule has 0 saturated carbocycles. The van der Waals surface area contributed by atoms with Gasteiger partial charge in [0.05, 0.1) is 12.7 Å². The standard InChI is InChI=1S/C8H7N3O3/c1-14-8(13)6-3-2-5(4-10-6)7(12)11-9/h2-4,9H,1H3. The third-order valence-corrected chi connectivity index (χ3v) is 1.51. The average Bonchev–Trinajstić information content (AvgIpc) is 2.27. The summed E-state index contributed by atoms with van der Waals surface area (Å²) in [5.74, 6) is -1.28. The van der Waals surface area contributed by atoms with Crippen LogP contribution in [0.25, 0.3) is 0 Å². The monoisotopic (exact) mass is 193 g/mol. The lowest BCUT2D eigenvalue weighted by atomic mass is 10.2. The Bertz CT molecular complexity index is 372. The van der Waals surface area contributed by atoms with Gasteiger partial charge in [-0.3, -0.25) is 4.79 Å². The summed E-state index contributed by atoms with van der Waals surface area (Å²) in [6.07, 6.45) is 1.17. The van der Waals surface area contributed by atoms with E-state index in [4.69, 9.17) is 5.53 Å². The zero-order valence-electron chi connectivity index (χ0n) is 7.35. The van der Waals surface area contributed by atoms with Crippen LogP contribution in [0.4, 0.5) is 0 Å². The topological polar surface area (TPSA) is 92.5 Å². The van der Waals surface area contributed by atoms with Gasteiger partial charge >= 0.3 is 5.97 Å². The van der Waals surface area contributed by atoms with E-state index in [0.29, 0.717) is 0 Å². The van der Waals surface area contributed by atoms with Crippen molar-refractivity contribution in [3.8, 4) is 0 Å². The first-order chi connectivity index (χ1) is 6.69. The molecule has 14 heavy (non-hydrogen) atoms. The third kappa shape index (κ3) is 1.98. The van der Waals surface area contributed by atoms with Crippen LogP contribution in [0.15, 0.2) is 23.4 Å². The summed E-state index contributed by atoms with van der Waals surface area (Å²) in [5, 5.41) is 2.71. The lowest BCUT2D eigenvalue weighted by Crippen LogP contribution is -2.05. The number of aromatic nitrogens is 1. The Kier molecular flexibility index (Phi) is 3.01. The Hall–Kier alpha value is -2.11. The molecular weight excluding hydrogens is 186 g/mol. The van der Waals surface area contributed by atoms with Crippen molar-refractivity contribution in [2.24, 2.45) is 5.11 Å². The number of hydrogen-bond acceptors (Lipinski definition) is 5. The highest BCUT2D eigenvalue weighted by molar-refractivity contribution is 5.95. The minimum Gasteiger partial charge on any atom is -0.464 e. The summed E-state index contributed by atoms with van der Waals surface area (Å²) < 4.78 is 4.42. The molecule has 1 aromatic rings. The number of amides is 1. The molecule has 0 aliphatic rings. The fourth-order valence-corrected chi connectivity index (χ4v) is 0.810. The van der Waals surface area contributed by atoms with Gasteiger partial charge in [0.2, 0.25) is 0 Å². The second-order valence-electron chi connectivity index (χ2n) is 2.34. The Balaban J connectivity index is 2.94. The lowest BCUT2D eigenvalue weighted by molar-refractivity contribution is 0.0593. The van der Waals surface area contributed by atoms with E-state index >= 15 is 0 Å². The molecule has 1 N–H and O–H groups in total. The fraction of sp³-hybridized carbons (Fsp3) is 0.125. The fourth-order valence-electron chi connectivity index (χ4n) is 0.810. The first-order valence-electron chi connectivity index (χ1n) is 3.65. The summed E-state index contributed by atoms with van der Waals surface area (Å²) in [4.78, 5) is 25.5. The van der Waals surface area contributed by atoms with Gasteiger partial charge in [-0.05, 0) is 12.1 Å². The minimum atomic E-state index is -0.700. The molecule has 1 aromatic heterocycles. The van der Waals surface area contributed by atoms with Crippen LogP contribution in [0.3, 0.4) is 0 Å². The van der Waals surface area contributed by atoms with Crippen LogP contribution < -0.4 is 0 Å². The number of carbonyl (C=O) groups excluding carboxylic acids is 2. The number of esters is 1. The van der Waals surface area contributed by atoms with Gasteiger partial charge in [-0.15, -0.1) is 5.11 Å². The number of methoxy groups -OCH3 is 1.